The van der Waals surface area contributed by atoms with Gasteiger partial charge in [-0.3, -0.25) is 0 Å². The van der Waals surface area contributed by atoms with Gasteiger partial charge in [-0.25, -0.2) is 9.97 Å². The molecule has 0 aliphatic rings. The Morgan fingerprint density at radius 1 is 1.14 bits per heavy atom. The van der Waals surface area contributed by atoms with Crippen LogP contribution in [0.4, 0.5) is 5.82 Å². The van der Waals surface area contributed by atoms with E-state index < -0.39 is 0 Å². The molecule has 1 aromatic carbocycles. The molecule has 1 heterocycles. The molecule has 1 aromatic heterocycles. The molecule has 0 amide bonds. The molecule has 0 saturated carbocycles. The maximum absolute atomic E-state index is 5.20. The number of ether oxygens (including phenoxy) is 1. The molecule has 4 nitrogen and oxygen atoms in total. The fraction of sp³-hybridized carbons (Fsp3) is 0.412. The summed E-state index contributed by atoms with van der Waals surface area (Å²) in [7, 11) is 1.67. The van der Waals surface area contributed by atoms with E-state index in [0.29, 0.717) is 5.92 Å². The summed E-state index contributed by atoms with van der Waals surface area (Å²) in [5.41, 5.74) is 2.01. The third kappa shape index (κ3) is 3.94. The number of nitrogens with one attached hydrogen (secondary N) is 1. The van der Waals surface area contributed by atoms with Gasteiger partial charge in [-0.1, -0.05) is 20.8 Å². The largest absolute Gasteiger partial charge is 0.497 e. The average Bonchev–Trinajstić information content (AvgIpc) is 2.52. The molecule has 1 N–H and O–H groups in total. The lowest BCUT2D eigenvalue weighted by molar-refractivity contribution is 0.415. The standard InChI is InChI=1S/C17H23N3O/c1-5-10-18-16-11-15(19-17(20-16)12(2)3)13-6-8-14(21-4)9-7-13/h6-9,11-12H,5,10H2,1-4H3,(H,18,19,20). The molecule has 112 valence electrons. The van der Waals surface area contributed by atoms with Crippen LogP contribution >= 0.6 is 0 Å². The Balaban J connectivity index is 2.37. The van der Waals surface area contributed by atoms with Crippen molar-refractivity contribution in [1.82, 2.24) is 9.97 Å². The molecule has 4 heteroatoms. The second kappa shape index (κ2) is 7.07. The predicted molar refractivity (Wildman–Crippen MR) is 86.9 cm³/mol. The number of hydrogen-bond donors (Lipinski definition) is 1. The van der Waals surface area contributed by atoms with Crippen molar-refractivity contribution in [2.45, 2.75) is 33.1 Å². The van der Waals surface area contributed by atoms with Gasteiger partial charge >= 0.3 is 0 Å². The van der Waals surface area contributed by atoms with Gasteiger partial charge in [0.25, 0.3) is 0 Å². The number of benzene rings is 1. The second-order valence-corrected chi connectivity index (χ2v) is 5.31. The molecule has 21 heavy (non-hydrogen) atoms. The summed E-state index contributed by atoms with van der Waals surface area (Å²) in [6.45, 7) is 7.27. The zero-order valence-electron chi connectivity index (χ0n) is 13.2. The van der Waals surface area contributed by atoms with Gasteiger partial charge in [-0.15, -0.1) is 0 Å². The number of methoxy groups -OCH3 is 1. The lowest BCUT2D eigenvalue weighted by Crippen LogP contribution is -2.07. The summed E-state index contributed by atoms with van der Waals surface area (Å²) in [5, 5.41) is 3.35. The number of rotatable bonds is 6. The molecule has 0 radical (unpaired) electrons. The summed E-state index contributed by atoms with van der Waals surface area (Å²) in [6.07, 6.45) is 1.07. The van der Waals surface area contributed by atoms with Crippen LogP contribution in [0.3, 0.4) is 0 Å². The SMILES string of the molecule is CCCNc1cc(-c2ccc(OC)cc2)nc(C(C)C)n1. The van der Waals surface area contributed by atoms with Crippen molar-refractivity contribution in [2.75, 3.05) is 19.0 Å². The minimum Gasteiger partial charge on any atom is -0.497 e. The van der Waals surface area contributed by atoms with Gasteiger partial charge < -0.3 is 10.1 Å². The summed E-state index contributed by atoms with van der Waals surface area (Å²) >= 11 is 0. The van der Waals surface area contributed by atoms with Crippen molar-refractivity contribution in [1.29, 1.82) is 0 Å². The number of hydrogen-bond acceptors (Lipinski definition) is 4. The van der Waals surface area contributed by atoms with Gasteiger partial charge in [-0.2, -0.15) is 0 Å². The van der Waals surface area contributed by atoms with Crippen molar-refractivity contribution >= 4 is 5.82 Å². The van der Waals surface area contributed by atoms with E-state index in [-0.39, 0.29) is 0 Å². The van der Waals surface area contributed by atoms with Crippen LogP contribution in [-0.4, -0.2) is 23.6 Å². The Labute approximate surface area is 126 Å². The topological polar surface area (TPSA) is 47.0 Å². The molecule has 2 rings (SSSR count). The highest BCUT2D eigenvalue weighted by Crippen LogP contribution is 2.24. The summed E-state index contributed by atoms with van der Waals surface area (Å²) in [6, 6.07) is 9.95. The van der Waals surface area contributed by atoms with Crippen molar-refractivity contribution in [3.63, 3.8) is 0 Å². The first kappa shape index (κ1) is 15.3. The fourth-order valence-corrected chi connectivity index (χ4v) is 1.98. The molecular weight excluding hydrogens is 262 g/mol. The molecule has 2 aromatic rings. The highest BCUT2D eigenvalue weighted by molar-refractivity contribution is 5.63. The fourth-order valence-electron chi connectivity index (χ4n) is 1.98. The summed E-state index contributed by atoms with van der Waals surface area (Å²) in [4.78, 5) is 9.26. The monoisotopic (exact) mass is 285 g/mol. The molecule has 0 saturated heterocycles. The smallest absolute Gasteiger partial charge is 0.133 e. The Hall–Kier alpha value is -2.10. The molecular formula is C17H23N3O. The second-order valence-electron chi connectivity index (χ2n) is 5.31. The van der Waals surface area contributed by atoms with Crippen LogP contribution in [0.2, 0.25) is 0 Å². The molecule has 0 aliphatic carbocycles. The zero-order chi connectivity index (χ0) is 15.2. The minimum atomic E-state index is 0.297. The van der Waals surface area contributed by atoms with Crippen molar-refractivity contribution in [3.8, 4) is 17.0 Å². The maximum atomic E-state index is 5.20. The van der Waals surface area contributed by atoms with Crippen LogP contribution in [0.25, 0.3) is 11.3 Å². The molecule has 0 atom stereocenters. The zero-order valence-corrected chi connectivity index (χ0v) is 13.2. The molecule has 0 fully saturated rings. The summed E-state index contributed by atoms with van der Waals surface area (Å²) < 4.78 is 5.20. The van der Waals surface area contributed by atoms with Gasteiger partial charge in [0, 0.05) is 24.1 Å². The molecule has 0 unspecified atom stereocenters. The van der Waals surface area contributed by atoms with E-state index in [0.717, 1.165) is 41.6 Å². The molecule has 0 aliphatic heterocycles. The molecule has 0 bridgehead atoms. The van der Waals surface area contributed by atoms with Crippen LogP contribution in [-0.2, 0) is 0 Å². The minimum absolute atomic E-state index is 0.297. The van der Waals surface area contributed by atoms with E-state index in [2.05, 4.69) is 36.1 Å². The van der Waals surface area contributed by atoms with E-state index in [1.165, 1.54) is 0 Å². The van der Waals surface area contributed by atoms with Crippen LogP contribution < -0.4 is 10.1 Å². The molecule has 0 spiro atoms. The van der Waals surface area contributed by atoms with Gasteiger partial charge in [0.05, 0.1) is 12.8 Å². The van der Waals surface area contributed by atoms with Gasteiger partial charge in [0.2, 0.25) is 0 Å². The first-order valence-corrected chi connectivity index (χ1v) is 7.41. The highest BCUT2D eigenvalue weighted by atomic mass is 16.5. The van der Waals surface area contributed by atoms with E-state index in [4.69, 9.17) is 4.74 Å². The van der Waals surface area contributed by atoms with E-state index in [1.807, 2.05) is 30.3 Å². The lowest BCUT2D eigenvalue weighted by atomic mass is 10.1. The quantitative estimate of drug-likeness (QED) is 0.868. The van der Waals surface area contributed by atoms with Crippen molar-refractivity contribution < 1.29 is 4.74 Å². The maximum Gasteiger partial charge on any atom is 0.133 e. The Morgan fingerprint density at radius 2 is 1.86 bits per heavy atom. The van der Waals surface area contributed by atoms with Gasteiger partial charge in [-0.05, 0) is 30.7 Å². The third-order valence-corrected chi connectivity index (χ3v) is 3.20. The van der Waals surface area contributed by atoms with Gasteiger partial charge in [0.15, 0.2) is 0 Å². The Morgan fingerprint density at radius 3 is 2.43 bits per heavy atom. The first-order chi connectivity index (χ1) is 10.1. The average molecular weight is 285 g/mol. The first-order valence-electron chi connectivity index (χ1n) is 7.41. The third-order valence-electron chi connectivity index (χ3n) is 3.20. The van der Waals surface area contributed by atoms with E-state index in [1.54, 1.807) is 7.11 Å². The number of nitrogens with zero attached hydrogens (tertiary/aromatic N) is 2. The predicted octanol–water partition coefficient (Wildman–Crippen LogP) is 4.10. The van der Waals surface area contributed by atoms with Crippen LogP contribution in [0.1, 0.15) is 38.9 Å². The van der Waals surface area contributed by atoms with Crippen molar-refractivity contribution in [3.05, 3.63) is 36.2 Å². The van der Waals surface area contributed by atoms with Crippen molar-refractivity contribution in [2.24, 2.45) is 0 Å². The van der Waals surface area contributed by atoms with Crippen LogP contribution in [0, 0.1) is 0 Å². The lowest BCUT2D eigenvalue weighted by Gasteiger charge is -2.11. The van der Waals surface area contributed by atoms with Crippen LogP contribution in [0.15, 0.2) is 30.3 Å². The van der Waals surface area contributed by atoms with E-state index >= 15 is 0 Å². The van der Waals surface area contributed by atoms with E-state index in [9.17, 15) is 0 Å². The summed E-state index contributed by atoms with van der Waals surface area (Å²) in [5.74, 6) is 2.90. The number of anilines is 1. The van der Waals surface area contributed by atoms with Crippen LogP contribution in [0.5, 0.6) is 5.75 Å². The van der Waals surface area contributed by atoms with Gasteiger partial charge in [0.1, 0.15) is 17.4 Å². The highest BCUT2D eigenvalue weighted by Gasteiger charge is 2.09. The number of aromatic nitrogens is 2. The Bertz CT molecular complexity index is 579. The normalized spacial score (nSPS) is 10.7. The Kier molecular flexibility index (Phi) is 5.14.